The first-order valence-corrected chi connectivity index (χ1v) is 5.33. The molecule has 6 heteroatoms. The summed E-state index contributed by atoms with van der Waals surface area (Å²) in [6.45, 7) is -0.608. The van der Waals surface area contributed by atoms with Crippen LogP contribution in [0.1, 0.15) is 22.3 Å². The van der Waals surface area contributed by atoms with E-state index in [2.05, 4.69) is 10.2 Å². The molecule has 0 saturated carbocycles. The summed E-state index contributed by atoms with van der Waals surface area (Å²) in [4.78, 5) is 27.0. The third-order valence-electron chi connectivity index (χ3n) is 2.20. The zero-order valence-corrected chi connectivity index (χ0v) is 9.94. The Labute approximate surface area is 104 Å². The first-order chi connectivity index (χ1) is 8.69. The molecule has 0 saturated heterocycles. The second kappa shape index (κ2) is 7.39. The van der Waals surface area contributed by atoms with Crippen LogP contribution in [-0.2, 0) is 21.0 Å². The largest absolute Gasteiger partial charge is 0.469 e. The number of ether oxygens (including phenoxy) is 1. The van der Waals surface area contributed by atoms with Crippen LogP contribution in [0.3, 0.4) is 0 Å². The van der Waals surface area contributed by atoms with Crippen molar-refractivity contribution in [3.8, 4) is 0 Å². The molecule has 0 amide bonds. The highest BCUT2D eigenvalue weighted by atomic mass is 19.1. The van der Waals surface area contributed by atoms with Gasteiger partial charge in [0.25, 0.3) is 0 Å². The van der Waals surface area contributed by atoms with Crippen molar-refractivity contribution in [2.24, 2.45) is 0 Å². The Kier molecular flexibility index (Phi) is 5.79. The smallest absolute Gasteiger partial charge is 0.357 e. The zero-order chi connectivity index (χ0) is 13.4. The molecule has 98 valence electrons. The summed E-state index contributed by atoms with van der Waals surface area (Å²) >= 11 is 0. The fraction of sp³-hybridized carbons (Fsp3) is 0.333. The van der Waals surface area contributed by atoms with Crippen LogP contribution in [-0.4, -0.2) is 25.6 Å². The highest BCUT2D eigenvalue weighted by Gasteiger charge is 2.12. The van der Waals surface area contributed by atoms with Gasteiger partial charge < -0.3 is 9.57 Å². The highest BCUT2D eigenvalue weighted by molar-refractivity contribution is 5.90. The number of alkyl halides is 1. The minimum Gasteiger partial charge on any atom is -0.469 e. The zero-order valence-electron chi connectivity index (χ0n) is 9.94. The molecule has 0 unspecified atom stereocenters. The molecular weight excluding hydrogens is 241 g/mol. The monoisotopic (exact) mass is 255 g/mol. The lowest BCUT2D eigenvalue weighted by Crippen LogP contribution is -2.23. The first kappa shape index (κ1) is 14.1. The predicted molar refractivity (Wildman–Crippen MR) is 61.3 cm³/mol. The molecule has 0 aliphatic carbocycles. The maximum Gasteiger partial charge on any atom is 0.357 e. The van der Waals surface area contributed by atoms with E-state index in [-0.39, 0.29) is 24.1 Å². The van der Waals surface area contributed by atoms with Crippen molar-refractivity contribution in [3.05, 3.63) is 35.4 Å². The Morgan fingerprint density at radius 3 is 2.72 bits per heavy atom. The number of hydrogen-bond acceptors (Lipinski definition) is 5. The van der Waals surface area contributed by atoms with E-state index >= 15 is 0 Å². The van der Waals surface area contributed by atoms with Crippen LogP contribution in [0, 0.1) is 0 Å². The molecule has 0 atom stereocenters. The molecule has 0 radical (unpaired) electrons. The van der Waals surface area contributed by atoms with Crippen molar-refractivity contribution < 1.29 is 23.6 Å². The van der Waals surface area contributed by atoms with Gasteiger partial charge in [-0.15, -0.1) is 0 Å². The van der Waals surface area contributed by atoms with Crippen molar-refractivity contribution in [3.63, 3.8) is 0 Å². The van der Waals surface area contributed by atoms with Crippen LogP contribution < -0.4 is 5.48 Å². The van der Waals surface area contributed by atoms with Crippen molar-refractivity contribution in [2.75, 3.05) is 13.7 Å². The van der Waals surface area contributed by atoms with Crippen molar-refractivity contribution in [2.45, 2.75) is 13.1 Å². The molecule has 1 N–H and O–H groups in total. The minimum atomic E-state index is -0.743. The van der Waals surface area contributed by atoms with Crippen molar-refractivity contribution in [1.29, 1.82) is 0 Å². The molecule has 0 fully saturated rings. The summed E-state index contributed by atoms with van der Waals surface area (Å²) in [5.41, 5.74) is 2.75. The number of halogens is 1. The Balaban J connectivity index is 2.43. The number of rotatable bonds is 6. The van der Waals surface area contributed by atoms with Gasteiger partial charge in [0.1, 0.15) is 6.67 Å². The van der Waals surface area contributed by atoms with Gasteiger partial charge in [-0.3, -0.25) is 4.79 Å². The summed E-state index contributed by atoms with van der Waals surface area (Å²) < 4.78 is 17.0. The SMILES string of the molecule is COC(=O)CCNOC(=O)c1ccccc1CF. The van der Waals surface area contributed by atoms with Gasteiger partial charge in [-0.2, -0.15) is 5.48 Å². The van der Waals surface area contributed by atoms with Crippen LogP contribution in [0.4, 0.5) is 4.39 Å². The highest BCUT2D eigenvalue weighted by Crippen LogP contribution is 2.10. The van der Waals surface area contributed by atoms with Gasteiger partial charge in [0, 0.05) is 6.54 Å². The number of nitrogens with one attached hydrogen (secondary N) is 1. The number of hydrogen-bond donors (Lipinski definition) is 1. The van der Waals surface area contributed by atoms with Gasteiger partial charge in [0.15, 0.2) is 0 Å². The van der Waals surface area contributed by atoms with Crippen LogP contribution in [0.5, 0.6) is 0 Å². The molecular formula is C12H14FNO4. The molecule has 0 spiro atoms. The predicted octanol–water partition coefficient (Wildman–Crippen LogP) is 1.38. The summed E-state index contributed by atoms with van der Waals surface area (Å²) in [7, 11) is 1.27. The lowest BCUT2D eigenvalue weighted by atomic mass is 10.1. The van der Waals surface area contributed by atoms with Gasteiger partial charge in [-0.1, -0.05) is 18.2 Å². The second-order valence-corrected chi connectivity index (χ2v) is 3.40. The van der Waals surface area contributed by atoms with Gasteiger partial charge >= 0.3 is 11.9 Å². The molecule has 0 aromatic heterocycles. The Morgan fingerprint density at radius 2 is 2.06 bits per heavy atom. The molecule has 1 rings (SSSR count). The average Bonchev–Trinajstić information content (AvgIpc) is 2.42. The van der Waals surface area contributed by atoms with Crippen LogP contribution in [0.25, 0.3) is 0 Å². The first-order valence-electron chi connectivity index (χ1n) is 5.33. The van der Waals surface area contributed by atoms with Crippen molar-refractivity contribution in [1.82, 2.24) is 5.48 Å². The normalized spacial score (nSPS) is 9.89. The van der Waals surface area contributed by atoms with E-state index in [1.807, 2.05) is 0 Å². The quantitative estimate of drug-likeness (QED) is 0.472. The maximum absolute atomic E-state index is 12.6. The van der Waals surface area contributed by atoms with E-state index in [1.165, 1.54) is 19.2 Å². The number of benzene rings is 1. The summed E-state index contributed by atoms with van der Waals surface area (Å²) in [5, 5.41) is 0. The molecule has 1 aromatic carbocycles. The van der Waals surface area contributed by atoms with Gasteiger partial charge in [0.05, 0.1) is 19.1 Å². The topological polar surface area (TPSA) is 64.6 Å². The van der Waals surface area contributed by atoms with E-state index in [9.17, 15) is 14.0 Å². The van der Waals surface area contributed by atoms with E-state index in [0.717, 1.165) is 0 Å². The van der Waals surface area contributed by atoms with E-state index < -0.39 is 18.6 Å². The van der Waals surface area contributed by atoms with E-state index in [1.54, 1.807) is 12.1 Å². The maximum atomic E-state index is 12.6. The summed E-state index contributed by atoms with van der Waals surface area (Å²) in [6.07, 6.45) is 0.0779. The lowest BCUT2D eigenvalue weighted by Gasteiger charge is -2.07. The number of carbonyl (C=O) groups excluding carboxylic acids is 2. The van der Waals surface area contributed by atoms with Gasteiger partial charge in [0.2, 0.25) is 0 Å². The third kappa shape index (κ3) is 4.14. The molecule has 0 aliphatic rings. The minimum absolute atomic E-state index is 0.0779. The number of carbonyl (C=O) groups is 2. The Morgan fingerprint density at radius 1 is 1.33 bits per heavy atom. The van der Waals surface area contributed by atoms with Crippen LogP contribution in [0.15, 0.2) is 24.3 Å². The summed E-state index contributed by atoms with van der Waals surface area (Å²) in [6, 6.07) is 6.23. The molecule has 5 nitrogen and oxygen atoms in total. The Bertz CT molecular complexity index is 422. The summed E-state index contributed by atoms with van der Waals surface area (Å²) in [5.74, 6) is -1.10. The molecule has 0 aliphatic heterocycles. The molecule has 0 bridgehead atoms. The van der Waals surface area contributed by atoms with Gasteiger partial charge in [-0.05, 0) is 11.6 Å². The lowest BCUT2D eigenvalue weighted by molar-refractivity contribution is -0.140. The third-order valence-corrected chi connectivity index (χ3v) is 2.20. The fourth-order valence-electron chi connectivity index (χ4n) is 1.26. The fourth-order valence-corrected chi connectivity index (χ4v) is 1.26. The number of esters is 1. The number of hydroxylamine groups is 1. The molecule has 18 heavy (non-hydrogen) atoms. The van der Waals surface area contributed by atoms with Gasteiger partial charge in [-0.25, -0.2) is 9.18 Å². The molecule has 0 heterocycles. The van der Waals surface area contributed by atoms with Crippen molar-refractivity contribution >= 4 is 11.9 Å². The number of methoxy groups -OCH3 is 1. The molecule has 1 aromatic rings. The van der Waals surface area contributed by atoms with E-state index in [4.69, 9.17) is 4.84 Å². The van der Waals surface area contributed by atoms with E-state index in [0.29, 0.717) is 0 Å². The average molecular weight is 255 g/mol. The van der Waals surface area contributed by atoms with Crippen LogP contribution in [0.2, 0.25) is 0 Å². The standard InChI is InChI=1S/C12H14FNO4/c1-17-11(15)6-7-14-18-12(16)10-5-3-2-4-9(10)8-13/h2-5,14H,6-8H2,1H3. The second-order valence-electron chi connectivity index (χ2n) is 3.40. The Hall–Kier alpha value is -1.95. The van der Waals surface area contributed by atoms with Crippen LogP contribution >= 0.6 is 0 Å².